The Bertz CT molecular complexity index is 660. The van der Waals surface area contributed by atoms with E-state index in [9.17, 15) is 0 Å². The van der Waals surface area contributed by atoms with Gasteiger partial charge in [-0.2, -0.15) is 0 Å². The van der Waals surface area contributed by atoms with Crippen LogP contribution in [0.15, 0.2) is 31.0 Å². The fraction of sp³-hybridized carbons (Fsp3) is 0.556. The van der Waals surface area contributed by atoms with Gasteiger partial charge >= 0.3 is 0 Å². The van der Waals surface area contributed by atoms with Gasteiger partial charge in [-0.05, 0) is 31.9 Å². The quantitative estimate of drug-likeness (QED) is 0.596. The average Bonchev–Trinajstić information content (AvgIpc) is 2.95. The molecule has 2 aromatic rings. The largest absolute Gasteiger partial charge is 0.380 e. The second kappa shape index (κ2) is 8.26. The van der Waals surface area contributed by atoms with Crippen LogP contribution in [0.1, 0.15) is 19.8 Å². The zero-order valence-corrected chi connectivity index (χ0v) is 14.4. The summed E-state index contributed by atoms with van der Waals surface area (Å²) in [5.74, 6) is 0.908. The van der Waals surface area contributed by atoms with Gasteiger partial charge in [-0.25, -0.2) is 9.97 Å². The van der Waals surface area contributed by atoms with Gasteiger partial charge in [0.05, 0.1) is 13.2 Å². The molecule has 1 aliphatic heterocycles. The van der Waals surface area contributed by atoms with Gasteiger partial charge in [-0.3, -0.25) is 9.47 Å². The van der Waals surface area contributed by atoms with E-state index in [4.69, 9.17) is 9.72 Å². The Labute approximate surface area is 143 Å². The number of rotatable bonds is 8. The molecule has 0 unspecified atom stereocenters. The minimum atomic E-state index is 0.453. The Morgan fingerprint density at radius 3 is 3.00 bits per heavy atom. The molecule has 0 aliphatic carbocycles. The van der Waals surface area contributed by atoms with Crippen LogP contribution in [0.5, 0.6) is 0 Å². The van der Waals surface area contributed by atoms with E-state index >= 15 is 0 Å². The minimum Gasteiger partial charge on any atom is -0.380 e. The number of fused-ring (bicyclic) bond motifs is 1. The van der Waals surface area contributed by atoms with Crippen LogP contribution in [0.25, 0.3) is 11.2 Å². The van der Waals surface area contributed by atoms with Gasteiger partial charge in [0.2, 0.25) is 5.95 Å². The van der Waals surface area contributed by atoms with Crippen LogP contribution >= 0.6 is 0 Å². The number of piperidine rings is 1. The lowest BCUT2D eigenvalue weighted by Crippen LogP contribution is -2.39. The fourth-order valence-corrected chi connectivity index (χ4v) is 3.21. The summed E-state index contributed by atoms with van der Waals surface area (Å²) in [7, 11) is 0. The predicted octanol–water partition coefficient (Wildman–Crippen LogP) is 2.53. The number of nitrogens with zero attached hydrogens (tertiary/aromatic N) is 4. The molecule has 1 aliphatic rings. The van der Waals surface area contributed by atoms with E-state index in [1.165, 1.54) is 0 Å². The second-order valence-electron chi connectivity index (χ2n) is 6.14. The lowest BCUT2D eigenvalue weighted by atomic mass is 10.1. The summed E-state index contributed by atoms with van der Waals surface area (Å²) in [4.78, 5) is 11.7. The highest BCUT2D eigenvalue weighted by molar-refractivity contribution is 5.74. The minimum absolute atomic E-state index is 0.453. The maximum absolute atomic E-state index is 5.52. The Kier molecular flexibility index (Phi) is 5.82. The Balaban J connectivity index is 1.71. The molecule has 1 fully saturated rings. The van der Waals surface area contributed by atoms with Gasteiger partial charge in [-0.15, -0.1) is 6.58 Å². The summed E-state index contributed by atoms with van der Waals surface area (Å²) in [6.07, 6.45) is 6.04. The van der Waals surface area contributed by atoms with Crippen LogP contribution in [0.3, 0.4) is 0 Å². The van der Waals surface area contributed by atoms with Crippen LogP contribution < -0.4 is 5.32 Å². The van der Waals surface area contributed by atoms with Crippen molar-refractivity contribution in [3.63, 3.8) is 0 Å². The summed E-state index contributed by atoms with van der Waals surface area (Å²) >= 11 is 0. The summed E-state index contributed by atoms with van der Waals surface area (Å²) < 4.78 is 7.66. The average molecular weight is 329 g/mol. The molecule has 130 valence electrons. The number of nitrogens with one attached hydrogen (secondary N) is 1. The van der Waals surface area contributed by atoms with Crippen molar-refractivity contribution in [3.8, 4) is 0 Å². The molecule has 2 aromatic heterocycles. The molecule has 0 radical (unpaired) electrons. The Morgan fingerprint density at radius 1 is 1.42 bits per heavy atom. The molecule has 0 amide bonds. The second-order valence-corrected chi connectivity index (χ2v) is 6.14. The van der Waals surface area contributed by atoms with Crippen molar-refractivity contribution >= 4 is 17.1 Å². The highest BCUT2D eigenvalue weighted by atomic mass is 16.5. The van der Waals surface area contributed by atoms with E-state index in [1.807, 2.05) is 31.3 Å². The van der Waals surface area contributed by atoms with E-state index in [1.54, 1.807) is 0 Å². The molecule has 3 heterocycles. The van der Waals surface area contributed by atoms with Crippen LogP contribution in [-0.4, -0.2) is 58.3 Å². The van der Waals surface area contributed by atoms with Crippen LogP contribution in [0.2, 0.25) is 0 Å². The summed E-state index contributed by atoms with van der Waals surface area (Å²) in [6.45, 7) is 11.2. The number of anilines is 1. The first kappa shape index (κ1) is 16.9. The molecule has 1 saturated heterocycles. The highest BCUT2D eigenvalue weighted by Gasteiger charge is 2.21. The molecule has 6 nitrogen and oxygen atoms in total. The van der Waals surface area contributed by atoms with Crippen molar-refractivity contribution in [2.75, 3.05) is 38.2 Å². The van der Waals surface area contributed by atoms with Gasteiger partial charge in [0.15, 0.2) is 5.65 Å². The van der Waals surface area contributed by atoms with Gasteiger partial charge in [-0.1, -0.05) is 6.08 Å². The number of imidazole rings is 1. The maximum Gasteiger partial charge on any atom is 0.205 e. The standard InChI is InChI=1S/C18H27N5O/c1-3-10-22-11-7-15(8-12-22)20-18-21-16-6-5-9-19-17(16)23(18)13-14-24-4-2/h3,5-6,9,15H,1,4,7-8,10-14H2,2H3,(H,20,21). The maximum atomic E-state index is 5.52. The Morgan fingerprint density at radius 2 is 2.25 bits per heavy atom. The summed E-state index contributed by atoms with van der Waals surface area (Å²) in [6, 6.07) is 4.39. The number of ether oxygens (including phenoxy) is 1. The summed E-state index contributed by atoms with van der Waals surface area (Å²) in [5, 5.41) is 3.63. The molecule has 0 bridgehead atoms. The highest BCUT2D eigenvalue weighted by Crippen LogP contribution is 2.21. The first-order chi connectivity index (χ1) is 11.8. The molecule has 0 aromatic carbocycles. The molecule has 24 heavy (non-hydrogen) atoms. The molecule has 6 heteroatoms. The topological polar surface area (TPSA) is 55.2 Å². The number of likely N-dealkylation sites (tertiary alicyclic amines) is 1. The van der Waals surface area contributed by atoms with Crippen LogP contribution in [0.4, 0.5) is 5.95 Å². The van der Waals surface area contributed by atoms with Crippen molar-refractivity contribution in [1.82, 2.24) is 19.4 Å². The van der Waals surface area contributed by atoms with Gasteiger partial charge in [0, 0.05) is 38.5 Å². The summed E-state index contributed by atoms with van der Waals surface area (Å²) in [5.41, 5.74) is 1.85. The lowest BCUT2D eigenvalue weighted by Gasteiger charge is -2.31. The Hall–Kier alpha value is -1.92. The fourth-order valence-electron chi connectivity index (χ4n) is 3.21. The first-order valence-corrected chi connectivity index (χ1v) is 8.80. The molecule has 0 spiro atoms. The molecular formula is C18H27N5O. The van der Waals surface area contributed by atoms with Crippen molar-refractivity contribution < 1.29 is 4.74 Å². The van der Waals surface area contributed by atoms with Crippen molar-refractivity contribution in [3.05, 3.63) is 31.0 Å². The number of pyridine rings is 1. The van der Waals surface area contributed by atoms with E-state index in [-0.39, 0.29) is 0 Å². The third kappa shape index (κ3) is 3.94. The van der Waals surface area contributed by atoms with Crippen molar-refractivity contribution in [1.29, 1.82) is 0 Å². The third-order valence-electron chi connectivity index (χ3n) is 4.48. The van der Waals surface area contributed by atoms with E-state index in [0.29, 0.717) is 12.6 Å². The monoisotopic (exact) mass is 329 g/mol. The van der Waals surface area contributed by atoms with Gasteiger partial charge in [0.25, 0.3) is 0 Å². The van der Waals surface area contributed by atoms with Crippen molar-refractivity contribution in [2.45, 2.75) is 32.4 Å². The zero-order valence-electron chi connectivity index (χ0n) is 14.4. The zero-order chi connectivity index (χ0) is 16.8. The number of hydrogen-bond acceptors (Lipinski definition) is 5. The molecular weight excluding hydrogens is 302 g/mol. The number of aromatic nitrogens is 3. The first-order valence-electron chi connectivity index (χ1n) is 8.80. The van der Waals surface area contributed by atoms with E-state index < -0.39 is 0 Å². The van der Waals surface area contributed by atoms with Gasteiger partial charge < -0.3 is 10.1 Å². The SMILES string of the molecule is C=CCN1CCC(Nc2nc3cccnc3n2CCOCC)CC1. The lowest BCUT2D eigenvalue weighted by molar-refractivity contribution is 0.140. The molecule has 1 N–H and O–H groups in total. The number of hydrogen-bond donors (Lipinski definition) is 1. The van der Waals surface area contributed by atoms with Crippen LogP contribution in [0, 0.1) is 0 Å². The van der Waals surface area contributed by atoms with Crippen LogP contribution in [-0.2, 0) is 11.3 Å². The predicted molar refractivity (Wildman–Crippen MR) is 97.3 cm³/mol. The van der Waals surface area contributed by atoms with E-state index in [0.717, 1.165) is 62.7 Å². The molecule has 0 saturated carbocycles. The molecule has 3 rings (SSSR count). The van der Waals surface area contributed by atoms with Gasteiger partial charge in [0.1, 0.15) is 5.52 Å². The van der Waals surface area contributed by atoms with Crippen molar-refractivity contribution in [2.24, 2.45) is 0 Å². The third-order valence-corrected chi connectivity index (χ3v) is 4.48. The smallest absolute Gasteiger partial charge is 0.205 e. The molecule has 0 atom stereocenters. The van der Waals surface area contributed by atoms with E-state index in [2.05, 4.69) is 26.3 Å². The normalized spacial score (nSPS) is 16.5.